The summed E-state index contributed by atoms with van der Waals surface area (Å²) in [4.78, 5) is 28.5. The molecule has 2 heterocycles. The fourth-order valence-corrected chi connectivity index (χ4v) is 2.98. The van der Waals surface area contributed by atoms with E-state index in [1.807, 2.05) is 0 Å². The van der Waals surface area contributed by atoms with Crippen molar-refractivity contribution in [2.24, 2.45) is 0 Å². The van der Waals surface area contributed by atoms with E-state index >= 15 is 0 Å². The van der Waals surface area contributed by atoms with Crippen LogP contribution in [0.3, 0.4) is 0 Å². The van der Waals surface area contributed by atoms with Crippen LogP contribution in [0.5, 0.6) is 0 Å². The second-order valence-electron chi connectivity index (χ2n) is 5.65. The molecule has 0 fully saturated rings. The molecule has 134 valence electrons. The summed E-state index contributed by atoms with van der Waals surface area (Å²) in [6.07, 6.45) is 4.73. The minimum Gasteiger partial charge on any atom is -0.350 e. The number of thiophene rings is 1. The summed E-state index contributed by atoms with van der Waals surface area (Å²) >= 11 is 1.30. The Morgan fingerprint density at radius 1 is 1.35 bits per heavy atom. The van der Waals surface area contributed by atoms with Crippen molar-refractivity contribution in [3.05, 3.63) is 70.7 Å². The number of carbonyl (C=O) groups excluding carboxylic acids is 2. The lowest BCUT2D eigenvalue weighted by Gasteiger charge is -2.14. The lowest BCUT2D eigenvalue weighted by Crippen LogP contribution is -2.44. The smallest absolute Gasteiger partial charge is 0.261 e. The molecule has 26 heavy (non-hydrogen) atoms. The van der Waals surface area contributed by atoms with Gasteiger partial charge in [0.05, 0.1) is 16.9 Å². The average Bonchev–Trinajstić information content (AvgIpc) is 3.33. The molecular weight excluding hydrogens is 355 g/mol. The third kappa shape index (κ3) is 4.15. The van der Waals surface area contributed by atoms with E-state index in [9.17, 15) is 14.0 Å². The molecule has 2 amide bonds. The first-order chi connectivity index (χ1) is 12.5. The van der Waals surface area contributed by atoms with Crippen LogP contribution >= 0.6 is 11.3 Å². The quantitative estimate of drug-likeness (QED) is 0.698. The van der Waals surface area contributed by atoms with E-state index in [0.29, 0.717) is 16.1 Å². The number of nitrogens with zero attached hydrogens (tertiary/aromatic N) is 2. The second kappa shape index (κ2) is 7.92. The van der Waals surface area contributed by atoms with Crippen molar-refractivity contribution < 1.29 is 14.0 Å². The SMILES string of the molecule is C[C@H](NC(=O)c1cccs1)C(=O)NCc1ccc(-n2ccnc2)c(F)c1. The number of rotatable bonds is 6. The molecule has 6 nitrogen and oxygen atoms in total. The summed E-state index contributed by atoms with van der Waals surface area (Å²) in [7, 11) is 0. The van der Waals surface area contributed by atoms with Gasteiger partial charge in [-0.25, -0.2) is 9.37 Å². The Hall–Kier alpha value is -3.00. The van der Waals surface area contributed by atoms with E-state index in [1.165, 1.54) is 23.7 Å². The van der Waals surface area contributed by atoms with E-state index in [1.54, 1.807) is 53.5 Å². The molecule has 0 saturated carbocycles. The number of hydrogen-bond donors (Lipinski definition) is 2. The summed E-state index contributed by atoms with van der Waals surface area (Å²) in [5.74, 6) is -1.04. The van der Waals surface area contributed by atoms with Crippen molar-refractivity contribution in [1.82, 2.24) is 20.2 Å². The Bertz CT molecular complexity index is 894. The summed E-state index contributed by atoms with van der Waals surface area (Å²) in [5.41, 5.74) is 1.01. The van der Waals surface area contributed by atoms with Crippen molar-refractivity contribution >= 4 is 23.2 Å². The molecule has 0 spiro atoms. The molecular formula is C18H17FN4O2S. The Balaban J connectivity index is 1.55. The van der Waals surface area contributed by atoms with Crippen LogP contribution in [0.15, 0.2) is 54.4 Å². The summed E-state index contributed by atoms with van der Waals surface area (Å²) in [6.45, 7) is 1.77. The fraction of sp³-hybridized carbons (Fsp3) is 0.167. The minimum absolute atomic E-state index is 0.166. The van der Waals surface area contributed by atoms with Gasteiger partial charge in [0.25, 0.3) is 5.91 Å². The largest absolute Gasteiger partial charge is 0.350 e. The van der Waals surface area contributed by atoms with E-state index in [4.69, 9.17) is 0 Å². The van der Waals surface area contributed by atoms with Gasteiger partial charge in [0, 0.05) is 18.9 Å². The number of benzene rings is 1. The predicted octanol–water partition coefficient (Wildman–Crippen LogP) is 2.51. The van der Waals surface area contributed by atoms with E-state index in [2.05, 4.69) is 15.6 Å². The van der Waals surface area contributed by atoms with Gasteiger partial charge in [0.15, 0.2) is 0 Å². The molecule has 0 aliphatic heterocycles. The molecule has 3 rings (SSSR count). The number of imidazole rings is 1. The number of carbonyl (C=O) groups is 2. The van der Waals surface area contributed by atoms with E-state index < -0.39 is 11.9 Å². The zero-order chi connectivity index (χ0) is 18.5. The van der Waals surface area contributed by atoms with Crippen molar-refractivity contribution in [2.45, 2.75) is 19.5 Å². The van der Waals surface area contributed by atoms with Gasteiger partial charge in [-0.05, 0) is 36.1 Å². The molecule has 0 bridgehead atoms. The zero-order valence-electron chi connectivity index (χ0n) is 14.0. The van der Waals surface area contributed by atoms with Gasteiger partial charge < -0.3 is 15.2 Å². The number of hydrogen-bond acceptors (Lipinski definition) is 4. The average molecular weight is 372 g/mol. The van der Waals surface area contributed by atoms with Crippen molar-refractivity contribution in [1.29, 1.82) is 0 Å². The lowest BCUT2D eigenvalue weighted by molar-refractivity contribution is -0.122. The Morgan fingerprint density at radius 3 is 2.85 bits per heavy atom. The highest BCUT2D eigenvalue weighted by molar-refractivity contribution is 7.12. The highest BCUT2D eigenvalue weighted by Gasteiger charge is 2.17. The number of amides is 2. The Morgan fingerprint density at radius 2 is 2.19 bits per heavy atom. The van der Waals surface area contributed by atoms with Crippen molar-refractivity contribution in [3.8, 4) is 5.69 Å². The van der Waals surface area contributed by atoms with Crippen LogP contribution in [-0.4, -0.2) is 27.4 Å². The third-order valence-electron chi connectivity index (χ3n) is 3.75. The first-order valence-electron chi connectivity index (χ1n) is 7.93. The molecule has 8 heteroatoms. The molecule has 1 atom stereocenters. The minimum atomic E-state index is -0.695. The van der Waals surface area contributed by atoms with Gasteiger partial charge in [0.2, 0.25) is 5.91 Å². The number of nitrogens with one attached hydrogen (secondary N) is 2. The third-order valence-corrected chi connectivity index (χ3v) is 4.62. The van der Waals surface area contributed by atoms with Crippen LogP contribution in [0.4, 0.5) is 4.39 Å². The highest BCUT2D eigenvalue weighted by Crippen LogP contribution is 2.15. The molecule has 0 saturated heterocycles. The van der Waals surface area contributed by atoms with Crippen LogP contribution in [0, 0.1) is 5.82 Å². The Kier molecular flexibility index (Phi) is 5.43. The normalized spacial score (nSPS) is 11.8. The van der Waals surface area contributed by atoms with E-state index in [0.717, 1.165) is 0 Å². The zero-order valence-corrected chi connectivity index (χ0v) is 14.8. The fourth-order valence-electron chi connectivity index (χ4n) is 2.35. The van der Waals surface area contributed by atoms with Gasteiger partial charge in [-0.15, -0.1) is 11.3 Å². The number of aromatic nitrogens is 2. The second-order valence-corrected chi connectivity index (χ2v) is 6.59. The molecule has 0 aliphatic carbocycles. The summed E-state index contributed by atoms with van der Waals surface area (Å²) in [6, 6.07) is 7.49. The van der Waals surface area contributed by atoms with Crippen LogP contribution in [0.2, 0.25) is 0 Å². The first kappa shape index (κ1) is 17.8. The van der Waals surface area contributed by atoms with Crippen LogP contribution in [0.1, 0.15) is 22.2 Å². The van der Waals surface area contributed by atoms with E-state index in [-0.39, 0.29) is 18.4 Å². The molecule has 2 N–H and O–H groups in total. The van der Waals surface area contributed by atoms with Gasteiger partial charge in [-0.3, -0.25) is 9.59 Å². The van der Waals surface area contributed by atoms with Crippen LogP contribution in [0.25, 0.3) is 5.69 Å². The molecule has 0 unspecified atom stereocenters. The first-order valence-corrected chi connectivity index (χ1v) is 8.81. The topological polar surface area (TPSA) is 76.0 Å². The molecule has 3 aromatic rings. The molecule has 1 aromatic carbocycles. The van der Waals surface area contributed by atoms with Gasteiger partial charge in [-0.2, -0.15) is 0 Å². The van der Waals surface area contributed by atoms with Gasteiger partial charge >= 0.3 is 0 Å². The summed E-state index contributed by atoms with van der Waals surface area (Å²) in [5, 5.41) is 7.12. The maximum atomic E-state index is 14.2. The van der Waals surface area contributed by atoms with Crippen molar-refractivity contribution in [2.75, 3.05) is 0 Å². The van der Waals surface area contributed by atoms with Gasteiger partial charge in [-0.1, -0.05) is 12.1 Å². The van der Waals surface area contributed by atoms with Crippen LogP contribution < -0.4 is 10.6 Å². The maximum Gasteiger partial charge on any atom is 0.261 e. The lowest BCUT2D eigenvalue weighted by atomic mass is 10.2. The van der Waals surface area contributed by atoms with Gasteiger partial charge in [0.1, 0.15) is 11.9 Å². The van der Waals surface area contributed by atoms with Crippen molar-refractivity contribution in [3.63, 3.8) is 0 Å². The Labute approximate surface area is 153 Å². The monoisotopic (exact) mass is 372 g/mol. The standard InChI is InChI=1S/C18H17FN4O2S/c1-12(22-18(25)16-3-2-8-26-16)17(24)21-10-13-4-5-15(14(19)9-13)23-7-6-20-11-23/h2-9,11-12H,10H2,1H3,(H,21,24)(H,22,25)/t12-/m0/s1. The molecule has 0 aliphatic rings. The highest BCUT2D eigenvalue weighted by atomic mass is 32.1. The van der Waals surface area contributed by atoms with Crippen LogP contribution in [-0.2, 0) is 11.3 Å². The summed E-state index contributed by atoms with van der Waals surface area (Å²) < 4.78 is 15.8. The maximum absolute atomic E-state index is 14.2. The molecule has 2 aromatic heterocycles. The number of halogens is 1. The predicted molar refractivity (Wildman–Crippen MR) is 96.6 cm³/mol. The molecule has 0 radical (unpaired) electrons.